The molecule has 0 spiro atoms. The summed E-state index contributed by atoms with van der Waals surface area (Å²) in [6.45, 7) is 3.79. The highest BCUT2D eigenvalue weighted by Gasteiger charge is 2.32. The standard InChI is InChI=1S/C16H21N3O4/c1-2-7-19(15(20)12-8-17-16(21)18-12)9-11-10-22-13-5-3-4-6-14(13)23-11/h3-6,11-12H,2,7-10H2,1H3,(H2,17,18,21)/t11-,12-/m0/s1. The van der Waals surface area contributed by atoms with Gasteiger partial charge in [-0.25, -0.2) is 4.79 Å². The first-order valence-corrected chi connectivity index (χ1v) is 7.89. The number of ether oxygens (including phenoxy) is 2. The van der Waals surface area contributed by atoms with Gasteiger partial charge in [0.15, 0.2) is 17.6 Å². The van der Waals surface area contributed by atoms with Gasteiger partial charge in [0.1, 0.15) is 12.6 Å². The lowest BCUT2D eigenvalue weighted by Gasteiger charge is -2.32. The molecule has 124 valence electrons. The highest BCUT2D eigenvalue weighted by molar-refractivity contribution is 5.90. The van der Waals surface area contributed by atoms with E-state index in [0.717, 1.165) is 12.2 Å². The third kappa shape index (κ3) is 3.49. The number of carbonyl (C=O) groups excluding carboxylic acids is 2. The fourth-order valence-corrected chi connectivity index (χ4v) is 2.78. The first-order chi connectivity index (χ1) is 11.2. The van der Waals surface area contributed by atoms with Crippen LogP contribution in [0.1, 0.15) is 13.3 Å². The van der Waals surface area contributed by atoms with Crippen molar-refractivity contribution in [1.29, 1.82) is 0 Å². The van der Waals surface area contributed by atoms with Crippen LogP contribution >= 0.6 is 0 Å². The van der Waals surface area contributed by atoms with E-state index in [0.29, 0.717) is 32.0 Å². The molecule has 2 atom stereocenters. The number of para-hydroxylation sites is 2. The Morgan fingerprint density at radius 2 is 2.13 bits per heavy atom. The smallest absolute Gasteiger partial charge is 0.315 e. The van der Waals surface area contributed by atoms with E-state index in [9.17, 15) is 9.59 Å². The summed E-state index contributed by atoms with van der Waals surface area (Å²) < 4.78 is 11.6. The van der Waals surface area contributed by atoms with E-state index in [-0.39, 0.29) is 18.0 Å². The monoisotopic (exact) mass is 319 g/mol. The van der Waals surface area contributed by atoms with Crippen molar-refractivity contribution in [3.63, 3.8) is 0 Å². The minimum atomic E-state index is -0.508. The van der Waals surface area contributed by atoms with Gasteiger partial charge in [-0.2, -0.15) is 0 Å². The number of carbonyl (C=O) groups is 2. The number of hydrogen-bond donors (Lipinski definition) is 2. The Hall–Kier alpha value is -2.44. The summed E-state index contributed by atoms with van der Waals surface area (Å²) in [6, 6.07) is 6.69. The van der Waals surface area contributed by atoms with Crippen LogP contribution < -0.4 is 20.1 Å². The molecule has 2 N–H and O–H groups in total. The molecule has 1 aromatic rings. The lowest BCUT2D eigenvalue weighted by molar-refractivity contribution is -0.134. The molecule has 1 saturated heterocycles. The van der Waals surface area contributed by atoms with Crippen molar-refractivity contribution in [3.8, 4) is 11.5 Å². The highest BCUT2D eigenvalue weighted by Crippen LogP contribution is 2.31. The summed E-state index contributed by atoms with van der Waals surface area (Å²) in [7, 11) is 0. The zero-order chi connectivity index (χ0) is 16.2. The van der Waals surface area contributed by atoms with Crippen LogP contribution in [0.3, 0.4) is 0 Å². The van der Waals surface area contributed by atoms with Crippen molar-refractivity contribution < 1.29 is 19.1 Å². The van der Waals surface area contributed by atoms with E-state index < -0.39 is 6.04 Å². The summed E-state index contributed by atoms with van der Waals surface area (Å²) >= 11 is 0. The number of urea groups is 1. The first kappa shape index (κ1) is 15.5. The summed E-state index contributed by atoms with van der Waals surface area (Å²) in [5.74, 6) is 1.33. The molecule has 1 aromatic carbocycles. The second kappa shape index (κ2) is 6.76. The molecule has 3 amide bonds. The SMILES string of the molecule is CCCN(C[C@H]1COc2ccccc2O1)C(=O)[C@@H]1CNC(=O)N1. The average Bonchev–Trinajstić information content (AvgIpc) is 3.00. The molecule has 0 aliphatic carbocycles. The van der Waals surface area contributed by atoms with Crippen molar-refractivity contribution in [2.75, 3.05) is 26.2 Å². The number of rotatable bonds is 5. The first-order valence-electron chi connectivity index (χ1n) is 7.89. The number of fused-ring (bicyclic) bond motifs is 1. The maximum atomic E-state index is 12.6. The number of nitrogens with one attached hydrogen (secondary N) is 2. The predicted molar refractivity (Wildman–Crippen MR) is 83.5 cm³/mol. The van der Waals surface area contributed by atoms with Gasteiger partial charge >= 0.3 is 6.03 Å². The van der Waals surface area contributed by atoms with Crippen molar-refractivity contribution in [3.05, 3.63) is 24.3 Å². The predicted octanol–water partition coefficient (Wildman–Crippen LogP) is 0.746. The van der Waals surface area contributed by atoms with Gasteiger partial charge in [-0.05, 0) is 18.6 Å². The third-order valence-electron chi connectivity index (χ3n) is 3.87. The maximum absolute atomic E-state index is 12.6. The van der Waals surface area contributed by atoms with E-state index >= 15 is 0 Å². The quantitative estimate of drug-likeness (QED) is 0.839. The van der Waals surface area contributed by atoms with Crippen LogP contribution in [0.4, 0.5) is 4.79 Å². The second-order valence-electron chi connectivity index (χ2n) is 5.69. The van der Waals surface area contributed by atoms with E-state index in [4.69, 9.17) is 9.47 Å². The molecule has 7 heteroatoms. The van der Waals surface area contributed by atoms with Gasteiger partial charge in [0.05, 0.1) is 6.54 Å². The van der Waals surface area contributed by atoms with Crippen molar-refractivity contribution >= 4 is 11.9 Å². The zero-order valence-corrected chi connectivity index (χ0v) is 13.1. The van der Waals surface area contributed by atoms with E-state index in [1.807, 2.05) is 31.2 Å². The topological polar surface area (TPSA) is 79.9 Å². The Bertz CT molecular complexity index is 592. The average molecular weight is 319 g/mol. The molecular formula is C16H21N3O4. The fraction of sp³-hybridized carbons (Fsp3) is 0.500. The molecule has 7 nitrogen and oxygen atoms in total. The summed E-state index contributed by atoms with van der Waals surface area (Å²) in [6.07, 6.45) is 0.620. The summed E-state index contributed by atoms with van der Waals surface area (Å²) in [4.78, 5) is 25.5. The van der Waals surface area contributed by atoms with Crippen LogP contribution in [-0.2, 0) is 4.79 Å². The fourth-order valence-electron chi connectivity index (χ4n) is 2.78. The van der Waals surface area contributed by atoms with Crippen molar-refractivity contribution in [2.45, 2.75) is 25.5 Å². The largest absolute Gasteiger partial charge is 0.486 e. The number of hydrogen-bond acceptors (Lipinski definition) is 4. The van der Waals surface area contributed by atoms with Crippen LogP contribution in [0.5, 0.6) is 11.5 Å². The number of nitrogens with zero attached hydrogens (tertiary/aromatic N) is 1. The van der Waals surface area contributed by atoms with Crippen LogP contribution in [0.2, 0.25) is 0 Å². The third-order valence-corrected chi connectivity index (χ3v) is 3.87. The second-order valence-corrected chi connectivity index (χ2v) is 5.69. The molecule has 0 radical (unpaired) electrons. The molecular weight excluding hydrogens is 298 g/mol. The Morgan fingerprint density at radius 3 is 2.83 bits per heavy atom. The zero-order valence-electron chi connectivity index (χ0n) is 13.1. The Morgan fingerprint density at radius 1 is 1.35 bits per heavy atom. The molecule has 0 unspecified atom stereocenters. The van der Waals surface area contributed by atoms with E-state index in [1.54, 1.807) is 4.90 Å². The normalized spacial score (nSPS) is 22.2. The van der Waals surface area contributed by atoms with Gasteiger partial charge in [-0.15, -0.1) is 0 Å². The van der Waals surface area contributed by atoms with Crippen LogP contribution in [0.15, 0.2) is 24.3 Å². The number of amides is 3. The van der Waals surface area contributed by atoms with Gasteiger partial charge in [0.2, 0.25) is 5.91 Å². The molecule has 3 rings (SSSR count). The van der Waals surface area contributed by atoms with Gasteiger partial charge in [-0.3, -0.25) is 4.79 Å². The van der Waals surface area contributed by atoms with Gasteiger partial charge in [0, 0.05) is 13.1 Å². The van der Waals surface area contributed by atoms with Crippen LogP contribution in [0.25, 0.3) is 0 Å². The Kier molecular flexibility index (Phi) is 4.55. The summed E-state index contributed by atoms with van der Waals surface area (Å²) in [5, 5.41) is 5.24. The van der Waals surface area contributed by atoms with Crippen molar-refractivity contribution in [2.24, 2.45) is 0 Å². The lowest BCUT2D eigenvalue weighted by atomic mass is 10.2. The van der Waals surface area contributed by atoms with Crippen LogP contribution in [0, 0.1) is 0 Å². The highest BCUT2D eigenvalue weighted by atomic mass is 16.6. The molecule has 2 aliphatic rings. The van der Waals surface area contributed by atoms with Gasteiger partial charge in [-0.1, -0.05) is 19.1 Å². The van der Waals surface area contributed by atoms with Gasteiger partial charge in [0.25, 0.3) is 0 Å². The molecule has 2 heterocycles. The minimum Gasteiger partial charge on any atom is -0.486 e. The lowest BCUT2D eigenvalue weighted by Crippen LogP contribution is -2.50. The molecule has 23 heavy (non-hydrogen) atoms. The minimum absolute atomic E-state index is 0.0901. The molecule has 0 saturated carbocycles. The maximum Gasteiger partial charge on any atom is 0.315 e. The summed E-state index contributed by atoms with van der Waals surface area (Å²) in [5.41, 5.74) is 0. The molecule has 1 fully saturated rings. The van der Waals surface area contributed by atoms with Gasteiger partial charge < -0.3 is 25.0 Å². The Balaban J connectivity index is 1.63. The van der Waals surface area contributed by atoms with E-state index in [2.05, 4.69) is 10.6 Å². The van der Waals surface area contributed by atoms with Crippen molar-refractivity contribution in [1.82, 2.24) is 15.5 Å². The Labute approximate surface area is 134 Å². The molecule has 2 aliphatic heterocycles. The van der Waals surface area contributed by atoms with Crippen LogP contribution in [-0.4, -0.2) is 55.2 Å². The number of benzene rings is 1. The molecule has 0 aromatic heterocycles. The molecule has 0 bridgehead atoms. The van der Waals surface area contributed by atoms with E-state index in [1.165, 1.54) is 0 Å².